The van der Waals surface area contributed by atoms with Crippen molar-refractivity contribution >= 4 is 15.9 Å². The first-order valence-corrected chi connectivity index (χ1v) is 6.71. The summed E-state index contributed by atoms with van der Waals surface area (Å²) in [4.78, 5) is 0. The van der Waals surface area contributed by atoms with E-state index >= 15 is 0 Å². The number of halogens is 1. The monoisotopic (exact) mass is 299 g/mol. The number of phenols is 1. The zero-order valence-corrected chi connectivity index (χ0v) is 11.8. The summed E-state index contributed by atoms with van der Waals surface area (Å²) in [5.74, 6) is 0.856. The Hall–Kier alpha value is -0.740. The van der Waals surface area contributed by atoms with Crippen molar-refractivity contribution in [2.75, 3.05) is 13.7 Å². The summed E-state index contributed by atoms with van der Waals surface area (Å²) in [5.41, 5.74) is 1.88. The van der Waals surface area contributed by atoms with Gasteiger partial charge in [0.1, 0.15) is 0 Å². The van der Waals surface area contributed by atoms with Crippen molar-refractivity contribution in [3.8, 4) is 11.5 Å². The number of ether oxygens (including phenoxy) is 1. The standard InChI is InChI=1S/C13H18BrNO2/c1-8-11(14)7-9(12(16)13(8)17-2)6-10-4-3-5-15-10/h7,10,15-16H,3-6H2,1-2H3. The van der Waals surface area contributed by atoms with E-state index in [-0.39, 0.29) is 5.75 Å². The van der Waals surface area contributed by atoms with Gasteiger partial charge in [0.2, 0.25) is 0 Å². The molecule has 0 aromatic heterocycles. The first-order valence-electron chi connectivity index (χ1n) is 5.91. The molecule has 1 aliphatic heterocycles. The van der Waals surface area contributed by atoms with Crippen LogP contribution in [-0.4, -0.2) is 24.8 Å². The number of hydrogen-bond donors (Lipinski definition) is 2. The minimum Gasteiger partial charge on any atom is -0.504 e. The molecular weight excluding hydrogens is 282 g/mol. The van der Waals surface area contributed by atoms with Crippen LogP contribution < -0.4 is 10.1 Å². The molecule has 1 aliphatic rings. The number of phenolic OH excluding ortho intramolecular Hbond substituents is 1. The van der Waals surface area contributed by atoms with Crippen molar-refractivity contribution in [2.45, 2.75) is 32.2 Å². The Labute approximate surface area is 110 Å². The molecule has 94 valence electrons. The normalized spacial score (nSPS) is 19.6. The van der Waals surface area contributed by atoms with Crippen molar-refractivity contribution in [3.05, 3.63) is 21.7 Å². The van der Waals surface area contributed by atoms with Crippen LogP contribution in [0, 0.1) is 6.92 Å². The van der Waals surface area contributed by atoms with Crippen LogP contribution in [0.4, 0.5) is 0 Å². The van der Waals surface area contributed by atoms with Gasteiger partial charge in [-0.2, -0.15) is 0 Å². The molecule has 1 aromatic rings. The molecule has 4 heteroatoms. The third-order valence-corrected chi connectivity index (χ3v) is 4.18. The lowest BCUT2D eigenvalue weighted by molar-refractivity contribution is 0.366. The molecule has 1 saturated heterocycles. The summed E-state index contributed by atoms with van der Waals surface area (Å²) >= 11 is 3.51. The van der Waals surface area contributed by atoms with E-state index in [0.29, 0.717) is 11.8 Å². The molecule has 0 saturated carbocycles. The largest absolute Gasteiger partial charge is 0.504 e. The Balaban J connectivity index is 2.30. The predicted octanol–water partition coefficient (Wildman–Crippen LogP) is 2.77. The highest BCUT2D eigenvalue weighted by Crippen LogP contribution is 2.38. The number of nitrogens with one attached hydrogen (secondary N) is 1. The van der Waals surface area contributed by atoms with Crippen LogP contribution in [0.15, 0.2) is 10.5 Å². The van der Waals surface area contributed by atoms with E-state index in [1.165, 1.54) is 12.8 Å². The van der Waals surface area contributed by atoms with E-state index in [1.54, 1.807) is 7.11 Å². The number of methoxy groups -OCH3 is 1. The summed E-state index contributed by atoms with van der Waals surface area (Å²) in [6.07, 6.45) is 3.24. The molecule has 1 atom stereocenters. The lowest BCUT2D eigenvalue weighted by Gasteiger charge is -2.16. The maximum Gasteiger partial charge on any atom is 0.164 e. The van der Waals surface area contributed by atoms with Gasteiger partial charge in [0.05, 0.1) is 7.11 Å². The van der Waals surface area contributed by atoms with E-state index in [9.17, 15) is 5.11 Å². The van der Waals surface area contributed by atoms with Gasteiger partial charge in [-0.15, -0.1) is 0 Å². The summed E-state index contributed by atoms with van der Waals surface area (Å²) in [6, 6.07) is 2.47. The van der Waals surface area contributed by atoms with Gasteiger partial charge in [0.15, 0.2) is 11.5 Å². The highest BCUT2D eigenvalue weighted by Gasteiger charge is 2.20. The topological polar surface area (TPSA) is 41.5 Å². The Kier molecular flexibility index (Phi) is 3.94. The minimum atomic E-state index is 0.280. The van der Waals surface area contributed by atoms with Crippen LogP contribution in [0.25, 0.3) is 0 Å². The second-order valence-corrected chi connectivity index (χ2v) is 5.38. The average molecular weight is 300 g/mol. The van der Waals surface area contributed by atoms with Crippen molar-refractivity contribution in [1.29, 1.82) is 0 Å². The molecule has 1 aromatic carbocycles. The van der Waals surface area contributed by atoms with Crippen LogP contribution in [0.1, 0.15) is 24.0 Å². The summed E-state index contributed by atoms with van der Waals surface area (Å²) < 4.78 is 6.25. The summed E-state index contributed by atoms with van der Waals surface area (Å²) in [6.45, 7) is 3.01. The smallest absolute Gasteiger partial charge is 0.164 e. The second kappa shape index (κ2) is 5.27. The Bertz CT molecular complexity index is 414. The molecule has 1 unspecified atom stereocenters. The highest BCUT2D eigenvalue weighted by molar-refractivity contribution is 9.10. The zero-order chi connectivity index (χ0) is 12.4. The van der Waals surface area contributed by atoms with Gasteiger partial charge < -0.3 is 15.2 Å². The number of hydrogen-bond acceptors (Lipinski definition) is 3. The van der Waals surface area contributed by atoms with E-state index in [4.69, 9.17) is 4.74 Å². The van der Waals surface area contributed by atoms with Gasteiger partial charge in [0, 0.05) is 21.6 Å². The van der Waals surface area contributed by atoms with Gasteiger partial charge >= 0.3 is 0 Å². The molecule has 2 rings (SSSR count). The van der Waals surface area contributed by atoms with Crippen LogP contribution in [0.2, 0.25) is 0 Å². The molecule has 3 nitrogen and oxygen atoms in total. The Morgan fingerprint density at radius 3 is 2.94 bits per heavy atom. The second-order valence-electron chi connectivity index (χ2n) is 4.52. The SMILES string of the molecule is COc1c(C)c(Br)cc(CC2CCCN2)c1O. The molecule has 17 heavy (non-hydrogen) atoms. The van der Waals surface area contributed by atoms with Gasteiger partial charge in [-0.3, -0.25) is 0 Å². The van der Waals surface area contributed by atoms with Crippen molar-refractivity contribution in [3.63, 3.8) is 0 Å². The summed E-state index contributed by atoms with van der Waals surface area (Å²) in [5, 5.41) is 13.6. The average Bonchev–Trinajstić information content (AvgIpc) is 2.79. The van der Waals surface area contributed by atoms with Gasteiger partial charge in [0.25, 0.3) is 0 Å². The fraction of sp³-hybridized carbons (Fsp3) is 0.538. The fourth-order valence-corrected chi connectivity index (χ4v) is 2.82. The lowest BCUT2D eigenvalue weighted by atomic mass is 10.0. The quantitative estimate of drug-likeness (QED) is 0.902. The predicted molar refractivity (Wildman–Crippen MR) is 71.8 cm³/mol. The van der Waals surface area contributed by atoms with Crippen molar-refractivity contribution in [1.82, 2.24) is 5.32 Å². The molecular formula is C13H18BrNO2. The van der Waals surface area contributed by atoms with E-state index in [2.05, 4.69) is 21.2 Å². The highest BCUT2D eigenvalue weighted by atomic mass is 79.9. The van der Waals surface area contributed by atoms with Crippen LogP contribution in [0.5, 0.6) is 11.5 Å². The van der Waals surface area contributed by atoms with Crippen LogP contribution in [0.3, 0.4) is 0 Å². The fourth-order valence-electron chi connectivity index (χ4n) is 2.36. The Morgan fingerprint density at radius 1 is 1.59 bits per heavy atom. The molecule has 2 N–H and O–H groups in total. The van der Waals surface area contributed by atoms with Gasteiger partial charge in [-0.25, -0.2) is 0 Å². The molecule has 0 amide bonds. The number of rotatable bonds is 3. The summed E-state index contributed by atoms with van der Waals surface area (Å²) in [7, 11) is 1.59. The van der Waals surface area contributed by atoms with Gasteiger partial charge in [-0.05, 0) is 38.8 Å². The number of benzene rings is 1. The van der Waals surface area contributed by atoms with Crippen molar-refractivity contribution < 1.29 is 9.84 Å². The minimum absolute atomic E-state index is 0.280. The lowest BCUT2D eigenvalue weighted by Crippen LogP contribution is -2.23. The van der Waals surface area contributed by atoms with E-state index < -0.39 is 0 Å². The molecule has 0 aliphatic carbocycles. The number of aromatic hydroxyl groups is 1. The van der Waals surface area contributed by atoms with Gasteiger partial charge in [-0.1, -0.05) is 15.9 Å². The Morgan fingerprint density at radius 2 is 2.35 bits per heavy atom. The molecule has 0 bridgehead atoms. The van der Waals surface area contributed by atoms with E-state index in [0.717, 1.165) is 28.6 Å². The first kappa shape index (κ1) is 12.7. The molecule has 1 heterocycles. The maximum absolute atomic E-state index is 10.2. The molecule has 1 fully saturated rings. The van der Waals surface area contributed by atoms with E-state index in [1.807, 2.05) is 13.0 Å². The van der Waals surface area contributed by atoms with Crippen molar-refractivity contribution in [2.24, 2.45) is 0 Å². The van der Waals surface area contributed by atoms with Crippen LogP contribution >= 0.6 is 15.9 Å². The third-order valence-electron chi connectivity index (χ3n) is 3.35. The maximum atomic E-state index is 10.2. The van der Waals surface area contributed by atoms with Crippen LogP contribution in [-0.2, 0) is 6.42 Å². The third kappa shape index (κ3) is 2.58. The zero-order valence-electron chi connectivity index (χ0n) is 10.2. The molecule has 0 spiro atoms. The first-order chi connectivity index (χ1) is 8.13. The molecule has 0 radical (unpaired) electrons.